The summed E-state index contributed by atoms with van der Waals surface area (Å²) in [5, 5.41) is 5.62. The van der Waals surface area contributed by atoms with E-state index in [4.69, 9.17) is 16.3 Å². The number of hydrogen-bond donors (Lipinski definition) is 0. The predicted molar refractivity (Wildman–Crippen MR) is 118 cm³/mol. The van der Waals surface area contributed by atoms with E-state index in [1.807, 2.05) is 53.2 Å². The average Bonchev–Trinajstić information content (AvgIpc) is 3.24. The zero-order valence-corrected chi connectivity index (χ0v) is 18.9. The molecule has 162 valence electrons. The first-order chi connectivity index (χ1) is 14.6. The van der Waals surface area contributed by atoms with Gasteiger partial charge in [-0.1, -0.05) is 12.1 Å². The summed E-state index contributed by atoms with van der Waals surface area (Å²) in [6.07, 6.45) is 3.35. The lowest BCUT2D eigenvalue weighted by molar-refractivity contribution is -0.155. The second kappa shape index (κ2) is 7.90. The zero-order valence-electron chi connectivity index (χ0n) is 18.1. The molecule has 0 spiro atoms. The van der Waals surface area contributed by atoms with Crippen LogP contribution >= 0.6 is 11.6 Å². The van der Waals surface area contributed by atoms with Crippen LogP contribution in [0.2, 0.25) is 5.28 Å². The van der Waals surface area contributed by atoms with Crippen molar-refractivity contribution in [1.82, 2.24) is 34.2 Å². The van der Waals surface area contributed by atoms with Gasteiger partial charge in [0, 0.05) is 11.9 Å². The zero-order chi connectivity index (χ0) is 22.3. The first-order valence-electron chi connectivity index (χ1n) is 9.83. The molecule has 0 fully saturated rings. The monoisotopic (exact) mass is 441 g/mol. The molecule has 0 aliphatic rings. The van der Waals surface area contributed by atoms with Crippen LogP contribution in [0.25, 0.3) is 27.9 Å². The summed E-state index contributed by atoms with van der Waals surface area (Å²) in [5.41, 5.74) is 2.39. The lowest BCUT2D eigenvalue weighted by atomic mass is 10.1. The third-order valence-electron chi connectivity index (χ3n) is 4.53. The second-order valence-corrected chi connectivity index (χ2v) is 8.93. The molecule has 0 atom stereocenters. The molecule has 4 rings (SSSR count). The lowest BCUT2D eigenvalue weighted by Gasteiger charge is -2.19. The van der Waals surface area contributed by atoms with Gasteiger partial charge in [-0.25, -0.2) is 9.67 Å². The fraction of sp³-hybridized carbons (Fsp3) is 0.381. The maximum atomic E-state index is 12.3. The number of esters is 1. The molecule has 0 amide bonds. The summed E-state index contributed by atoms with van der Waals surface area (Å²) in [5.74, 6) is 0.0656. The van der Waals surface area contributed by atoms with Gasteiger partial charge in [0.05, 0.1) is 18.0 Å². The fourth-order valence-electron chi connectivity index (χ4n) is 3.44. The maximum absolute atomic E-state index is 12.3. The van der Waals surface area contributed by atoms with Crippen molar-refractivity contribution in [2.24, 2.45) is 0 Å². The van der Waals surface area contributed by atoms with E-state index < -0.39 is 5.60 Å². The minimum Gasteiger partial charge on any atom is -0.459 e. The summed E-state index contributed by atoms with van der Waals surface area (Å²) in [4.78, 5) is 27.5. The molecule has 31 heavy (non-hydrogen) atoms. The highest BCUT2D eigenvalue weighted by Crippen LogP contribution is 2.26. The summed E-state index contributed by atoms with van der Waals surface area (Å²) in [7, 11) is 4.04. The molecule has 1 aromatic carbocycles. The van der Waals surface area contributed by atoms with E-state index in [0.29, 0.717) is 17.0 Å². The number of fused-ring (bicyclic) bond motifs is 2. The van der Waals surface area contributed by atoms with Gasteiger partial charge in [-0.2, -0.15) is 15.1 Å². The molecule has 0 N–H and O–H groups in total. The van der Waals surface area contributed by atoms with Crippen molar-refractivity contribution >= 4 is 39.6 Å². The van der Waals surface area contributed by atoms with E-state index in [1.165, 1.54) is 6.33 Å². The minimum atomic E-state index is -0.580. The smallest absolute Gasteiger partial charge is 0.326 e. The SMILES string of the molecule is CN(C)Cc1cccc2c1cnn2-c1nc(Cl)nc2c1ncn2CC(=O)OC(C)(C)C. The summed E-state index contributed by atoms with van der Waals surface area (Å²) in [6, 6.07) is 6.04. The van der Waals surface area contributed by atoms with Crippen LogP contribution in [0.3, 0.4) is 0 Å². The molecule has 0 bridgehead atoms. The molecule has 0 unspecified atom stereocenters. The third-order valence-corrected chi connectivity index (χ3v) is 4.70. The van der Waals surface area contributed by atoms with Gasteiger partial charge in [0.15, 0.2) is 17.0 Å². The van der Waals surface area contributed by atoms with Crippen LogP contribution in [-0.4, -0.2) is 59.9 Å². The maximum Gasteiger partial charge on any atom is 0.326 e. The normalized spacial score (nSPS) is 12.2. The molecule has 0 saturated carbocycles. The van der Waals surface area contributed by atoms with E-state index in [-0.39, 0.29) is 17.8 Å². The van der Waals surface area contributed by atoms with Gasteiger partial charge < -0.3 is 14.2 Å². The van der Waals surface area contributed by atoms with Crippen molar-refractivity contribution in [3.63, 3.8) is 0 Å². The number of carbonyl (C=O) groups is 1. The quantitative estimate of drug-likeness (QED) is 0.347. The molecule has 3 aromatic heterocycles. The molecule has 4 aromatic rings. The third kappa shape index (κ3) is 4.38. The number of benzene rings is 1. The van der Waals surface area contributed by atoms with E-state index in [1.54, 1.807) is 9.25 Å². The van der Waals surface area contributed by atoms with Crippen molar-refractivity contribution in [1.29, 1.82) is 0 Å². The van der Waals surface area contributed by atoms with Crippen molar-refractivity contribution in [2.75, 3.05) is 14.1 Å². The fourth-order valence-corrected chi connectivity index (χ4v) is 3.60. The van der Waals surface area contributed by atoms with Gasteiger partial charge in [-0.15, -0.1) is 0 Å². The highest BCUT2D eigenvalue weighted by atomic mass is 35.5. The number of rotatable bonds is 5. The van der Waals surface area contributed by atoms with Crippen LogP contribution < -0.4 is 0 Å². The number of carbonyl (C=O) groups excluding carboxylic acids is 1. The summed E-state index contributed by atoms with van der Waals surface area (Å²) in [6.45, 7) is 6.21. The van der Waals surface area contributed by atoms with Gasteiger partial charge in [0.1, 0.15) is 12.1 Å². The average molecular weight is 442 g/mol. The van der Waals surface area contributed by atoms with Crippen LogP contribution in [0.1, 0.15) is 26.3 Å². The molecule has 0 aliphatic heterocycles. The molecular formula is C21H24ClN7O2. The van der Waals surface area contributed by atoms with Crippen molar-refractivity contribution in [2.45, 2.75) is 39.5 Å². The number of aromatic nitrogens is 6. The molecule has 0 radical (unpaired) electrons. The van der Waals surface area contributed by atoms with E-state index >= 15 is 0 Å². The summed E-state index contributed by atoms with van der Waals surface area (Å²) < 4.78 is 8.71. The van der Waals surface area contributed by atoms with Crippen molar-refractivity contribution < 1.29 is 9.53 Å². The predicted octanol–water partition coefficient (Wildman–Crippen LogP) is 3.22. The summed E-state index contributed by atoms with van der Waals surface area (Å²) >= 11 is 6.24. The van der Waals surface area contributed by atoms with Gasteiger partial charge >= 0.3 is 5.97 Å². The van der Waals surface area contributed by atoms with Gasteiger partial charge in [-0.3, -0.25) is 4.79 Å². The minimum absolute atomic E-state index is 0.0343. The number of hydrogen-bond acceptors (Lipinski definition) is 7. The Morgan fingerprint density at radius 3 is 2.71 bits per heavy atom. The largest absolute Gasteiger partial charge is 0.459 e. The Bertz CT molecular complexity index is 1270. The first-order valence-corrected chi connectivity index (χ1v) is 10.2. The van der Waals surface area contributed by atoms with E-state index in [2.05, 4.69) is 31.0 Å². The standard InChI is InChI=1S/C21H24ClN7O2/c1-21(2,3)31-16(30)11-28-12-23-17-18(28)25-20(22)26-19(17)29-15-8-6-7-13(10-27(4)5)14(15)9-24-29/h6-9,12H,10-11H2,1-5H3. The molecule has 10 heteroatoms. The van der Waals surface area contributed by atoms with Crippen LogP contribution in [0.5, 0.6) is 0 Å². The molecule has 0 saturated heterocycles. The van der Waals surface area contributed by atoms with Crippen molar-refractivity contribution in [3.8, 4) is 5.82 Å². The van der Waals surface area contributed by atoms with Crippen LogP contribution in [-0.2, 0) is 22.6 Å². The highest BCUT2D eigenvalue weighted by molar-refractivity contribution is 6.28. The molecular weight excluding hydrogens is 418 g/mol. The Morgan fingerprint density at radius 2 is 2.00 bits per heavy atom. The Kier molecular flexibility index (Phi) is 5.40. The van der Waals surface area contributed by atoms with Crippen molar-refractivity contribution in [3.05, 3.63) is 41.6 Å². The first kappa shape index (κ1) is 21.2. The lowest BCUT2D eigenvalue weighted by Crippen LogP contribution is -2.26. The number of halogens is 1. The molecule has 9 nitrogen and oxygen atoms in total. The highest BCUT2D eigenvalue weighted by Gasteiger charge is 2.21. The van der Waals surface area contributed by atoms with Crippen LogP contribution in [0, 0.1) is 0 Å². The van der Waals surface area contributed by atoms with Gasteiger partial charge in [0.2, 0.25) is 5.28 Å². The Labute approximate surface area is 184 Å². The number of nitrogens with zero attached hydrogens (tertiary/aromatic N) is 7. The molecule has 3 heterocycles. The Morgan fingerprint density at radius 1 is 1.23 bits per heavy atom. The molecule has 0 aliphatic carbocycles. The topological polar surface area (TPSA) is 91.0 Å². The number of imidazole rings is 1. The van der Waals surface area contributed by atoms with Gasteiger partial charge in [-0.05, 0) is 58.1 Å². The number of ether oxygens (including phenoxy) is 1. The second-order valence-electron chi connectivity index (χ2n) is 8.59. The van der Waals surface area contributed by atoms with E-state index in [0.717, 1.165) is 23.0 Å². The Hall–Kier alpha value is -3.04. The van der Waals surface area contributed by atoms with Crippen LogP contribution in [0.15, 0.2) is 30.7 Å². The van der Waals surface area contributed by atoms with Crippen LogP contribution in [0.4, 0.5) is 0 Å². The Balaban J connectivity index is 1.79. The van der Waals surface area contributed by atoms with Gasteiger partial charge in [0.25, 0.3) is 0 Å². The van der Waals surface area contributed by atoms with E-state index in [9.17, 15) is 4.79 Å².